The van der Waals surface area contributed by atoms with E-state index in [0.717, 1.165) is 27.8 Å². The lowest BCUT2D eigenvalue weighted by molar-refractivity contribution is -0.144. The number of nitrogens with zero attached hydrogens (tertiary/aromatic N) is 5. The molecule has 0 amide bonds. The van der Waals surface area contributed by atoms with Gasteiger partial charge in [0.05, 0.1) is 31.5 Å². The number of aryl methyl sites for hydroxylation is 2. The second-order valence-corrected chi connectivity index (χ2v) is 7.88. The van der Waals surface area contributed by atoms with E-state index in [4.69, 9.17) is 9.15 Å². The molecule has 10 heteroatoms. The fourth-order valence-corrected chi connectivity index (χ4v) is 3.71. The van der Waals surface area contributed by atoms with Crippen LogP contribution >= 0.6 is 0 Å². The number of hydrogen-bond acceptors (Lipinski definition) is 8. The second-order valence-electron chi connectivity index (χ2n) is 7.88. The predicted octanol–water partition coefficient (Wildman–Crippen LogP) is 2.49. The van der Waals surface area contributed by atoms with Crippen LogP contribution in [0.2, 0.25) is 0 Å². The molecular weight excluding hydrogens is 424 g/mol. The van der Waals surface area contributed by atoms with Crippen LogP contribution in [0.1, 0.15) is 35.2 Å². The summed E-state index contributed by atoms with van der Waals surface area (Å²) in [5.74, 6) is 0.807. The van der Waals surface area contributed by atoms with Crippen molar-refractivity contribution in [3.05, 3.63) is 75.2 Å². The molecule has 0 bridgehead atoms. The quantitative estimate of drug-likeness (QED) is 0.386. The number of hydrogen-bond donors (Lipinski definition) is 1. The molecule has 10 nitrogen and oxygen atoms in total. The van der Waals surface area contributed by atoms with Crippen LogP contribution in [-0.2, 0) is 35.7 Å². The molecule has 0 spiro atoms. The van der Waals surface area contributed by atoms with E-state index in [1.54, 1.807) is 13.2 Å². The number of ether oxygens (including phenoxy) is 1. The number of H-pyrrole nitrogens is 1. The first kappa shape index (κ1) is 22.4. The van der Waals surface area contributed by atoms with E-state index in [1.165, 1.54) is 4.68 Å². The normalized spacial score (nSPS) is 11.4. The summed E-state index contributed by atoms with van der Waals surface area (Å²) in [6.45, 7) is 7.04. The van der Waals surface area contributed by atoms with E-state index >= 15 is 0 Å². The Morgan fingerprint density at radius 3 is 2.82 bits per heavy atom. The lowest BCUT2D eigenvalue weighted by atomic mass is 10.0. The van der Waals surface area contributed by atoms with Crippen LogP contribution in [0.15, 0.2) is 45.8 Å². The average Bonchev–Trinajstić information content (AvgIpc) is 3.44. The molecule has 33 heavy (non-hydrogen) atoms. The predicted molar refractivity (Wildman–Crippen MR) is 120 cm³/mol. The van der Waals surface area contributed by atoms with Crippen molar-refractivity contribution in [3.63, 3.8) is 0 Å². The molecule has 0 aliphatic heterocycles. The molecule has 3 heterocycles. The summed E-state index contributed by atoms with van der Waals surface area (Å²) in [6.07, 6.45) is 1.60. The number of benzene rings is 1. The van der Waals surface area contributed by atoms with Gasteiger partial charge in [-0.3, -0.25) is 14.5 Å². The number of furan rings is 1. The zero-order chi connectivity index (χ0) is 23.4. The Morgan fingerprint density at radius 2 is 2.06 bits per heavy atom. The third-order valence-corrected chi connectivity index (χ3v) is 5.54. The highest BCUT2D eigenvalue weighted by Crippen LogP contribution is 2.20. The van der Waals surface area contributed by atoms with Gasteiger partial charge < -0.3 is 14.1 Å². The first-order chi connectivity index (χ1) is 15.9. The van der Waals surface area contributed by atoms with E-state index < -0.39 is 5.97 Å². The van der Waals surface area contributed by atoms with Crippen molar-refractivity contribution in [2.75, 3.05) is 6.61 Å². The second kappa shape index (κ2) is 9.78. The molecule has 0 saturated carbocycles. The molecule has 0 fully saturated rings. The monoisotopic (exact) mass is 450 g/mol. The smallest absolute Gasteiger partial charge is 0.327 e. The Balaban J connectivity index is 1.62. The van der Waals surface area contributed by atoms with Gasteiger partial charge in [-0.25, -0.2) is 4.68 Å². The Labute approximate surface area is 190 Å². The van der Waals surface area contributed by atoms with Gasteiger partial charge in [-0.2, -0.15) is 0 Å². The molecule has 1 N–H and O–H groups in total. The highest BCUT2D eigenvalue weighted by Gasteiger charge is 2.18. The molecule has 1 aromatic carbocycles. The van der Waals surface area contributed by atoms with Crippen LogP contribution in [0.4, 0.5) is 0 Å². The largest absolute Gasteiger partial charge is 0.468 e. The van der Waals surface area contributed by atoms with Crippen molar-refractivity contribution < 1.29 is 13.9 Å². The van der Waals surface area contributed by atoms with Crippen LogP contribution in [0.25, 0.3) is 10.9 Å². The van der Waals surface area contributed by atoms with E-state index in [2.05, 4.69) is 20.5 Å². The van der Waals surface area contributed by atoms with Gasteiger partial charge in [0.15, 0.2) is 5.82 Å². The van der Waals surface area contributed by atoms with Gasteiger partial charge in [-0.15, -0.1) is 5.10 Å². The summed E-state index contributed by atoms with van der Waals surface area (Å²) in [7, 11) is 0. The standard InChI is InChI=1S/C23H26N6O4/c1-4-32-21(30)14-29-20(25-26-27-29)13-28(12-19-6-5-9-33-19)11-18-10-17-8-7-15(2)16(3)22(17)24-23(18)31/h5-10H,4,11-14H2,1-3H3,(H,24,31). The Morgan fingerprint density at radius 1 is 1.21 bits per heavy atom. The Kier molecular flexibility index (Phi) is 6.64. The summed E-state index contributed by atoms with van der Waals surface area (Å²) < 4.78 is 11.9. The van der Waals surface area contributed by atoms with Gasteiger partial charge in [0.2, 0.25) is 0 Å². The zero-order valence-electron chi connectivity index (χ0n) is 18.9. The first-order valence-electron chi connectivity index (χ1n) is 10.7. The maximum Gasteiger partial charge on any atom is 0.327 e. The lowest BCUT2D eigenvalue weighted by Crippen LogP contribution is -2.28. The molecule has 0 saturated heterocycles. The van der Waals surface area contributed by atoms with E-state index in [-0.39, 0.29) is 18.7 Å². The van der Waals surface area contributed by atoms with Gasteiger partial charge in [-0.1, -0.05) is 12.1 Å². The molecule has 0 atom stereocenters. The first-order valence-corrected chi connectivity index (χ1v) is 10.7. The minimum Gasteiger partial charge on any atom is -0.468 e. The number of nitrogens with one attached hydrogen (secondary N) is 1. The molecule has 3 aromatic heterocycles. The number of fused-ring (bicyclic) bond motifs is 1. The van der Waals surface area contributed by atoms with E-state index in [0.29, 0.717) is 31.0 Å². The van der Waals surface area contributed by atoms with Crippen molar-refractivity contribution in [2.45, 2.75) is 47.0 Å². The molecule has 172 valence electrons. The molecular formula is C23H26N6O4. The molecule has 0 aliphatic rings. The molecule has 0 unspecified atom stereocenters. The van der Waals surface area contributed by atoms with Crippen molar-refractivity contribution in [2.24, 2.45) is 0 Å². The zero-order valence-corrected chi connectivity index (χ0v) is 18.9. The number of rotatable bonds is 9. The van der Waals surface area contributed by atoms with Crippen LogP contribution < -0.4 is 5.56 Å². The van der Waals surface area contributed by atoms with E-state index in [9.17, 15) is 9.59 Å². The van der Waals surface area contributed by atoms with Crippen LogP contribution in [0.5, 0.6) is 0 Å². The van der Waals surface area contributed by atoms with Crippen molar-refractivity contribution in [3.8, 4) is 0 Å². The fourth-order valence-electron chi connectivity index (χ4n) is 3.71. The SMILES string of the molecule is CCOC(=O)Cn1nnnc1CN(Cc1ccco1)Cc1cc2ccc(C)c(C)c2[nH]c1=O. The van der Waals surface area contributed by atoms with Gasteiger partial charge in [0.25, 0.3) is 5.56 Å². The summed E-state index contributed by atoms with van der Waals surface area (Å²) in [5, 5.41) is 12.7. The van der Waals surface area contributed by atoms with Gasteiger partial charge in [-0.05, 0) is 65.9 Å². The number of carbonyl (C=O) groups is 1. The van der Waals surface area contributed by atoms with Crippen LogP contribution in [-0.4, -0.2) is 42.7 Å². The van der Waals surface area contributed by atoms with Crippen LogP contribution in [0, 0.1) is 13.8 Å². The third-order valence-electron chi connectivity index (χ3n) is 5.54. The maximum atomic E-state index is 12.9. The topological polar surface area (TPSA) is 119 Å². The summed E-state index contributed by atoms with van der Waals surface area (Å²) in [4.78, 5) is 29.8. The minimum absolute atomic E-state index is 0.0834. The van der Waals surface area contributed by atoms with Crippen molar-refractivity contribution in [1.82, 2.24) is 30.1 Å². The Bertz CT molecular complexity index is 1310. The number of esters is 1. The van der Waals surface area contributed by atoms with Gasteiger partial charge >= 0.3 is 5.97 Å². The third kappa shape index (κ3) is 5.17. The van der Waals surface area contributed by atoms with Gasteiger partial charge in [0, 0.05) is 12.1 Å². The number of tetrazole rings is 1. The molecule has 0 radical (unpaired) electrons. The molecule has 4 aromatic rings. The van der Waals surface area contributed by atoms with Crippen molar-refractivity contribution >= 4 is 16.9 Å². The summed E-state index contributed by atoms with van der Waals surface area (Å²) in [5.41, 5.74) is 3.49. The summed E-state index contributed by atoms with van der Waals surface area (Å²) >= 11 is 0. The number of aromatic amines is 1. The minimum atomic E-state index is -0.416. The molecule has 0 aliphatic carbocycles. The number of pyridine rings is 1. The number of carbonyl (C=O) groups excluding carboxylic acids is 1. The average molecular weight is 450 g/mol. The van der Waals surface area contributed by atoms with Crippen LogP contribution in [0.3, 0.4) is 0 Å². The fraction of sp³-hybridized carbons (Fsp3) is 0.348. The molecule has 4 rings (SSSR count). The Hall–Kier alpha value is -3.79. The highest BCUT2D eigenvalue weighted by atomic mass is 16.5. The summed E-state index contributed by atoms with van der Waals surface area (Å²) in [6, 6.07) is 9.65. The van der Waals surface area contributed by atoms with E-state index in [1.807, 2.05) is 49.1 Å². The van der Waals surface area contributed by atoms with Gasteiger partial charge in [0.1, 0.15) is 12.3 Å². The highest BCUT2D eigenvalue weighted by molar-refractivity contribution is 5.83. The maximum absolute atomic E-state index is 12.9. The van der Waals surface area contributed by atoms with Crippen molar-refractivity contribution in [1.29, 1.82) is 0 Å². The number of aromatic nitrogens is 5. The lowest BCUT2D eigenvalue weighted by Gasteiger charge is -2.20.